The van der Waals surface area contributed by atoms with Crippen molar-refractivity contribution in [1.82, 2.24) is 4.90 Å². The van der Waals surface area contributed by atoms with Crippen LogP contribution in [0.15, 0.2) is 36.4 Å². The highest BCUT2D eigenvalue weighted by molar-refractivity contribution is 6.39. The Hall–Kier alpha value is -2.31. The molecule has 26 heavy (non-hydrogen) atoms. The van der Waals surface area contributed by atoms with Crippen molar-refractivity contribution in [3.8, 4) is 5.75 Å². The first-order valence-corrected chi connectivity index (χ1v) is 8.49. The molecule has 1 N–H and O–H groups in total. The molecule has 0 fully saturated rings. The number of hydrogen-bond donors (Lipinski definition) is 1. The summed E-state index contributed by atoms with van der Waals surface area (Å²) < 4.78 is 18.6. The van der Waals surface area contributed by atoms with Crippen LogP contribution >= 0.6 is 23.2 Å². The fourth-order valence-corrected chi connectivity index (χ4v) is 2.81. The number of rotatable bonds is 6. The molecule has 2 amide bonds. The van der Waals surface area contributed by atoms with Crippen molar-refractivity contribution in [3.05, 3.63) is 57.8 Å². The van der Waals surface area contributed by atoms with E-state index in [0.717, 1.165) is 6.07 Å². The molecule has 0 aliphatic rings. The summed E-state index contributed by atoms with van der Waals surface area (Å²) in [5, 5.41) is 3.16. The minimum atomic E-state index is -0.572. The second kappa shape index (κ2) is 8.87. The number of halogens is 3. The van der Waals surface area contributed by atoms with Crippen molar-refractivity contribution in [1.29, 1.82) is 0 Å². The van der Waals surface area contributed by atoms with Gasteiger partial charge in [-0.05, 0) is 37.3 Å². The number of nitrogens with zero attached hydrogens (tertiary/aromatic N) is 1. The molecule has 0 aliphatic carbocycles. The van der Waals surface area contributed by atoms with Crippen LogP contribution in [0.2, 0.25) is 10.0 Å². The van der Waals surface area contributed by atoms with Gasteiger partial charge in [-0.2, -0.15) is 0 Å². The number of carbonyl (C=O) groups excluding carboxylic acids is 2. The summed E-state index contributed by atoms with van der Waals surface area (Å²) in [6.45, 7) is 1.69. The first-order chi connectivity index (χ1) is 12.4. The van der Waals surface area contributed by atoms with E-state index in [1.165, 1.54) is 24.1 Å². The number of nitrogens with one attached hydrogen (secondary N) is 1. The van der Waals surface area contributed by atoms with Gasteiger partial charge in [-0.25, -0.2) is 4.39 Å². The van der Waals surface area contributed by atoms with Crippen LogP contribution in [0.4, 0.5) is 10.1 Å². The second-order valence-electron chi connectivity index (χ2n) is 5.31. The smallest absolute Gasteiger partial charge is 0.258 e. The van der Waals surface area contributed by atoms with Crippen LogP contribution < -0.4 is 10.1 Å². The molecule has 0 saturated carbocycles. The number of carbonyl (C=O) groups is 2. The molecular weight excluding hydrogens is 382 g/mol. The van der Waals surface area contributed by atoms with E-state index in [0.29, 0.717) is 0 Å². The summed E-state index contributed by atoms with van der Waals surface area (Å²) in [6, 6.07) is 8.45. The third-order valence-corrected chi connectivity index (χ3v) is 4.25. The predicted molar refractivity (Wildman–Crippen MR) is 99.6 cm³/mol. The maximum atomic E-state index is 13.5. The molecule has 0 radical (unpaired) electrons. The van der Waals surface area contributed by atoms with Gasteiger partial charge in [0.2, 0.25) is 5.91 Å². The largest absolute Gasteiger partial charge is 0.496 e. The van der Waals surface area contributed by atoms with Gasteiger partial charge in [0.05, 0.1) is 28.4 Å². The normalized spacial score (nSPS) is 10.3. The van der Waals surface area contributed by atoms with E-state index in [1.54, 1.807) is 25.1 Å². The number of anilines is 1. The lowest BCUT2D eigenvalue weighted by atomic mass is 10.1. The monoisotopic (exact) mass is 398 g/mol. The first-order valence-electron chi connectivity index (χ1n) is 7.74. The van der Waals surface area contributed by atoms with E-state index in [-0.39, 0.29) is 40.1 Å². The van der Waals surface area contributed by atoms with E-state index in [9.17, 15) is 14.0 Å². The van der Waals surface area contributed by atoms with Crippen LogP contribution in [0.5, 0.6) is 5.75 Å². The number of likely N-dealkylation sites (N-methyl/N-ethyl adjacent to an activating group) is 1. The van der Waals surface area contributed by atoms with Gasteiger partial charge in [0.15, 0.2) is 0 Å². The van der Waals surface area contributed by atoms with Crippen molar-refractivity contribution in [3.63, 3.8) is 0 Å². The van der Waals surface area contributed by atoms with E-state index in [4.69, 9.17) is 27.9 Å². The van der Waals surface area contributed by atoms with Crippen molar-refractivity contribution in [2.75, 3.05) is 25.5 Å². The molecule has 0 spiro atoms. The van der Waals surface area contributed by atoms with Crippen LogP contribution in [-0.4, -0.2) is 36.9 Å². The van der Waals surface area contributed by atoms with Crippen molar-refractivity contribution < 1.29 is 18.7 Å². The third-order valence-electron chi connectivity index (χ3n) is 3.62. The zero-order chi connectivity index (χ0) is 19.3. The summed E-state index contributed by atoms with van der Waals surface area (Å²) in [5.41, 5.74) is 0.311. The third kappa shape index (κ3) is 4.65. The van der Waals surface area contributed by atoms with Gasteiger partial charge in [-0.15, -0.1) is 0 Å². The molecule has 0 aromatic heterocycles. The molecule has 0 heterocycles. The number of para-hydroxylation sites is 1. The molecule has 0 atom stereocenters. The Morgan fingerprint density at radius 2 is 1.85 bits per heavy atom. The lowest BCUT2D eigenvalue weighted by molar-refractivity contribution is -0.116. The highest BCUT2D eigenvalue weighted by atomic mass is 35.5. The summed E-state index contributed by atoms with van der Waals surface area (Å²) in [5.74, 6) is -1.35. The highest BCUT2D eigenvalue weighted by Crippen LogP contribution is 2.29. The average Bonchev–Trinajstić information content (AvgIpc) is 2.62. The van der Waals surface area contributed by atoms with Gasteiger partial charge in [-0.1, -0.05) is 29.3 Å². The SMILES string of the molecule is CCN(CC(=O)Nc1c(Cl)cccc1Cl)C(=O)c1cc(F)ccc1OC. The van der Waals surface area contributed by atoms with Gasteiger partial charge >= 0.3 is 0 Å². The Balaban J connectivity index is 2.17. The van der Waals surface area contributed by atoms with Gasteiger partial charge in [0.1, 0.15) is 18.1 Å². The summed E-state index contributed by atoms with van der Waals surface area (Å²) in [4.78, 5) is 26.3. The molecule has 2 rings (SSSR count). The molecule has 0 saturated heterocycles. The first kappa shape index (κ1) is 20.0. The van der Waals surface area contributed by atoms with Gasteiger partial charge in [0, 0.05) is 6.54 Å². The van der Waals surface area contributed by atoms with Crippen LogP contribution in [0, 0.1) is 5.82 Å². The number of amides is 2. The van der Waals surface area contributed by atoms with E-state index in [1.807, 2.05) is 0 Å². The van der Waals surface area contributed by atoms with Crippen molar-refractivity contribution in [2.45, 2.75) is 6.92 Å². The van der Waals surface area contributed by atoms with Crippen molar-refractivity contribution in [2.24, 2.45) is 0 Å². The quantitative estimate of drug-likeness (QED) is 0.791. The molecule has 0 unspecified atom stereocenters. The predicted octanol–water partition coefficient (Wildman–Crippen LogP) is 4.24. The van der Waals surface area contributed by atoms with Gasteiger partial charge < -0.3 is 15.0 Å². The molecule has 0 bridgehead atoms. The highest BCUT2D eigenvalue weighted by Gasteiger charge is 2.22. The molecule has 0 aliphatic heterocycles. The maximum absolute atomic E-state index is 13.5. The number of hydrogen-bond acceptors (Lipinski definition) is 3. The molecule has 2 aromatic rings. The number of ether oxygens (including phenoxy) is 1. The van der Waals surface area contributed by atoms with E-state index < -0.39 is 17.6 Å². The molecule has 5 nitrogen and oxygen atoms in total. The number of benzene rings is 2. The van der Waals surface area contributed by atoms with E-state index in [2.05, 4.69) is 5.32 Å². The lowest BCUT2D eigenvalue weighted by Crippen LogP contribution is -2.38. The molecular formula is C18H17Cl2FN2O3. The van der Waals surface area contributed by atoms with Crippen LogP contribution in [-0.2, 0) is 4.79 Å². The van der Waals surface area contributed by atoms with E-state index >= 15 is 0 Å². The van der Waals surface area contributed by atoms with Crippen LogP contribution in [0.25, 0.3) is 0 Å². The fraction of sp³-hybridized carbons (Fsp3) is 0.222. The van der Waals surface area contributed by atoms with Gasteiger partial charge in [0.25, 0.3) is 5.91 Å². The molecule has 138 valence electrons. The summed E-state index contributed by atoms with van der Waals surface area (Å²) in [6.07, 6.45) is 0. The van der Waals surface area contributed by atoms with Crippen LogP contribution in [0.3, 0.4) is 0 Å². The number of methoxy groups -OCH3 is 1. The Morgan fingerprint density at radius 1 is 1.19 bits per heavy atom. The molecule has 2 aromatic carbocycles. The van der Waals surface area contributed by atoms with Gasteiger partial charge in [-0.3, -0.25) is 9.59 Å². The lowest BCUT2D eigenvalue weighted by Gasteiger charge is -2.22. The topological polar surface area (TPSA) is 58.6 Å². The summed E-state index contributed by atoms with van der Waals surface area (Å²) >= 11 is 12.0. The fourth-order valence-electron chi connectivity index (χ4n) is 2.31. The second-order valence-corrected chi connectivity index (χ2v) is 6.12. The minimum Gasteiger partial charge on any atom is -0.496 e. The van der Waals surface area contributed by atoms with Crippen molar-refractivity contribution >= 4 is 40.7 Å². The maximum Gasteiger partial charge on any atom is 0.258 e. The van der Waals surface area contributed by atoms with Crippen LogP contribution in [0.1, 0.15) is 17.3 Å². The zero-order valence-corrected chi connectivity index (χ0v) is 15.7. The Morgan fingerprint density at radius 3 is 2.42 bits per heavy atom. The Kier molecular flexibility index (Phi) is 6.83. The Labute approximate surface area is 160 Å². The Bertz CT molecular complexity index is 810. The zero-order valence-electron chi connectivity index (χ0n) is 14.2. The molecule has 8 heteroatoms. The average molecular weight is 399 g/mol. The minimum absolute atomic E-state index is 0.0397. The standard InChI is InChI=1S/C18H17Cl2FN2O3/c1-3-23(18(25)12-9-11(21)7-8-15(12)26-2)10-16(24)22-17-13(19)5-4-6-14(17)20/h4-9H,3,10H2,1-2H3,(H,22,24). The summed E-state index contributed by atoms with van der Waals surface area (Å²) in [7, 11) is 1.38.